The average Bonchev–Trinajstić information content (AvgIpc) is 2.54. The van der Waals surface area contributed by atoms with E-state index in [1.54, 1.807) is 42.5 Å². The summed E-state index contributed by atoms with van der Waals surface area (Å²) in [6.07, 6.45) is 0.267. The van der Waals surface area contributed by atoms with Gasteiger partial charge in [0, 0.05) is 11.4 Å². The van der Waals surface area contributed by atoms with Crippen LogP contribution in [0.3, 0.4) is 0 Å². The first kappa shape index (κ1) is 17.3. The van der Waals surface area contributed by atoms with Crippen molar-refractivity contribution < 1.29 is 14.3 Å². The fourth-order valence-electron chi connectivity index (χ4n) is 2.12. The number of hydrogen-bond donors (Lipinski definition) is 1. The van der Waals surface area contributed by atoms with E-state index in [1.807, 2.05) is 6.07 Å². The Balaban J connectivity index is 2.17. The van der Waals surface area contributed by atoms with Crippen molar-refractivity contribution in [1.82, 2.24) is 5.32 Å². The van der Waals surface area contributed by atoms with Crippen LogP contribution in [0.15, 0.2) is 48.5 Å². The third-order valence-electron chi connectivity index (χ3n) is 3.24. The molecule has 4 nitrogen and oxygen atoms in total. The second-order valence-electron chi connectivity index (χ2n) is 4.86. The van der Waals surface area contributed by atoms with Gasteiger partial charge in [-0.15, -0.1) is 0 Å². The summed E-state index contributed by atoms with van der Waals surface area (Å²) < 4.78 is 4.76. The lowest BCUT2D eigenvalue weighted by atomic mass is 10.1. The Hall–Kier alpha value is -2.04. The SMILES string of the molecule is COC(=O)[C@@H](Cc1cccc(Cl)c1)NC(=O)c1ccccc1Cl. The molecule has 0 heterocycles. The maximum atomic E-state index is 12.3. The summed E-state index contributed by atoms with van der Waals surface area (Å²) in [6, 6.07) is 12.9. The molecule has 0 radical (unpaired) electrons. The van der Waals surface area contributed by atoms with Gasteiger partial charge in [-0.25, -0.2) is 4.79 Å². The molecule has 0 aliphatic rings. The molecule has 2 aromatic rings. The van der Waals surface area contributed by atoms with Crippen LogP contribution in [0.4, 0.5) is 0 Å². The molecule has 0 fully saturated rings. The molecule has 2 aromatic carbocycles. The van der Waals surface area contributed by atoms with Crippen molar-refractivity contribution in [3.8, 4) is 0 Å². The van der Waals surface area contributed by atoms with Gasteiger partial charge in [-0.1, -0.05) is 47.5 Å². The summed E-state index contributed by atoms with van der Waals surface area (Å²) in [5.74, 6) is -0.974. The number of halogens is 2. The monoisotopic (exact) mass is 351 g/mol. The number of nitrogens with one attached hydrogen (secondary N) is 1. The highest BCUT2D eigenvalue weighted by Gasteiger charge is 2.23. The van der Waals surface area contributed by atoms with E-state index in [-0.39, 0.29) is 6.42 Å². The van der Waals surface area contributed by atoms with Gasteiger partial charge in [0.1, 0.15) is 6.04 Å². The molecule has 0 saturated carbocycles. The van der Waals surface area contributed by atoms with Gasteiger partial charge in [0.25, 0.3) is 5.91 Å². The Labute approximate surface area is 144 Å². The molecular weight excluding hydrogens is 337 g/mol. The fraction of sp³-hybridized carbons (Fsp3) is 0.176. The summed E-state index contributed by atoms with van der Waals surface area (Å²) in [6.45, 7) is 0. The molecule has 0 aromatic heterocycles. The van der Waals surface area contributed by atoms with Crippen molar-refractivity contribution >= 4 is 35.1 Å². The third kappa shape index (κ3) is 4.71. The Morgan fingerprint density at radius 1 is 1.13 bits per heavy atom. The van der Waals surface area contributed by atoms with Crippen molar-refractivity contribution in [3.63, 3.8) is 0 Å². The second kappa shape index (κ2) is 7.99. The molecule has 120 valence electrons. The minimum atomic E-state index is -0.831. The zero-order chi connectivity index (χ0) is 16.8. The van der Waals surface area contributed by atoms with E-state index in [9.17, 15) is 9.59 Å². The van der Waals surface area contributed by atoms with Crippen LogP contribution in [0, 0.1) is 0 Å². The summed E-state index contributed by atoms with van der Waals surface area (Å²) in [4.78, 5) is 24.3. The van der Waals surface area contributed by atoms with Gasteiger partial charge in [-0.3, -0.25) is 4.79 Å². The van der Waals surface area contributed by atoms with Gasteiger partial charge in [0.15, 0.2) is 0 Å². The highest BCUT2D eigenvalue weighted by molar-refractivity contribution is 6.33. The molecule has 1 N–H and O–H groups in total. The van der Waals surface area contributed by atoms with E-state index in [1.165, 1.54) is 7.11 Å². The first-order valence-electron chi connectivity index (χ1n) is 6.89. The van der Waals surface area contributed by atoms with Crippen molar-refractivity contribution in [2.75, 3.05) is 7.11 Å². The van der Waals surface area contributed by atoms with Crippen LogP contribution < -0.4 is 5.32 Å². The van der Waals surface area contributed by atoms with Crippen LogP contribution in [-0.4, -0.2) is 25.0 Å². The normalized spacial score (nSPS) is 11.6. The van der Waals surface area contributed by atoms with Crippen molar-refractivity contribution in [2.24, 2.45) is 0 Å². The molecule has 1 amide bonds. The summed E-state index contributed by atoms with van der Waals surface area (Å²) in [7, 11) is 1.27. The van der Waals surface area contributed by atoms with Crippen LogP contribution in [0.25, 0.3) is 0 Å². The van der Waals surface area contributed by atoms with E-state index >= 15 is 0 Å². The first-order valence-corrected chi connectivity index (χ1v) is 7.64. The Morgan fingerprint density at radius 2 is 1.87 bits per heavy atom. The van der Waals surface area contributed by atoms with Crippen LogP contribution in [-0.2, 0) is 16.0 Å². The minimum absolute atomic E-state index is 0.267. The number of esters is 1. The standard InChI is InChI=1S/C17H15Cl2NO3/c1-23-17(22)15(10-11-5-4-6-12(18)9-11)20-16(21)13-7-2-3-8-14(13)19/h2-9,15H,10H2,1H3,(H,20,21)/t15-/m1/s1. The summed E-state index contributed by atoms with van der Waals surface area (Å²) in [5.41, 5.74) is 1.11. The molecule has 0 spiro atoms. The number of rotatable bonds is 5. The van der Waals surface area contributed by atoms with Crippen molar-refractivity contribution in [3.05, 3.63) is 69.7 Å². The van der Waals surface area contributed by atoms with Gasteiger partial charge in [-0.2, -0.15) is 0 Å². The van der Waals surface area contributed by atoms with Gasteiger partial charge in [-0.05, 0) is 29.8 Å². The molecule has 0 bridgehead atoms. The molecule has 0 aliphatic carbocycles. The molecule has 6 heteroatoms. The molecular formula is C17H15Cl2NO3. The van der Waals surface area contributed by atoms with E-state index < -0.39 is 17.9 Å². The van der Waals surface area contributed by atoms with Gasteiger partial charge in [0.05, 0.1) is 17.7 Å². The lowest BCUT2D eigenvalue weighted by Crippen LogP contribution is -2.43. The van der Waals surface area contributed by atoms with Crippen LogP contribution in [0.2, 0.25) is 10.0 Å². The Morgan fingerprint density at radius 3 is 2.52 bits per heavy atom. The summed E-state index contributed by atoms with van der Waals surface area (Å²) in [5, 5.41) is 3.53. The van der Waals surface area contributed by atoms with Crippen LogP contribution >= 0.6 is 23.2 Å². The Kier molecular flexibility index (Phi) is 6.02. The number of carbonyl (C=O) groups excluding carboxylic acids is 2. The van der Waals surface area contributed by atoms with E-state index in [4.69, 9.17) is 27.9 Å². The smallest absolute Gasteiger partial charge is 0.328 e. The first-order chi connectivity index (χ1) is 11.0. The molecule has 1 atom stereocenters. The lowest BCUT2D eigenvalue weighted by molar-refractivity contribution is -0.142. The largest absolute Gasteiger partial charge is 0.467 e. The number of amides is 1. The number of ether oxygens (including phenoxy) is 1. The third-order valence-corrected chi connectivity index (χ3v) is 3.80. The summed E-state index contributed by atoms with van der Waals surface area (Å²) >= 11 is 11.9. The van der Waals surface area contributed by atoms with Gasteiger partial charge >= 0.3 is 5.97 Å². The highest BCUT2D eigenvalue weighted by Crippen LogP contribution is 2.16. The predicted molar refractivity (Wildman–Crippen MR) is 89.9 cm³/mol. The molecule has 0 aliphatic heterocycles. The number of hydrogen-bond acceptors (Lipinski definition) is 3. The maximum Gasteiger partial charge on any atom is 0.328 e. The lowest BCUT2D eigenvalue weighted by Gasteiger charge is -2.17. The maximum absolute atomic E-state index is 12.3. The topological polar surface area (TPSA) is 55.4 Å². The number of carbonyl (C=O) groups is 2. The quantitative estimate of drug-likeness (QED) is 0.838. The molecule has 0 unspecified atom stereocenters. The zero-order valence-electron chi connectivity index (χ0n) is 12.4. The van der Waals surface area contributed by atoms with E-state index in [2.05, 4.69) is 5.32 Å². The molecule has 23 heavy (non-hydrogen) atoms. The molecule has 2 rings (SSSR count). The molecule has 0 saturated heterocycles. The fourth-order valence-corrected chi connectivity index (χ4v) is 2.55. The Bertz CT molecular complexity index is 718. The average molecular weight is 352 g/mol. The number of methoxy groups -OCH3 is 1. The van der Waals surface area contributed by atoms with Crippen molar-refractivity contribution in [2.45, 2.75) is 12.5 Å². The van der Waals surface area contributed by atoms with E-state index in [0.29, 0.717) is 15.6 Å². The van der Waals surface area contributed by atoms with Gasteiger partial charge < -0.3 is 10.1 Å². The van der Waals surface area contributed by atoms with Crippen LogP contribution in [0.1, 0.15) is 15.9 Å². The predicted octanol–water partition coefficient (Wildman–Crippen LogP) is 3.51. The van der Waals surface area contributed by atoms with Crippen LogP contribution in [0.5, 0.6) is 0 Å². The van der Waals surface area contributed by atoms with Crippen molar-refractivity contribution in [1.29, 1.82) is 0 Å². The second-order valence-corrected chi connectivity index (χ2v) is 5.71. The number of benzene rings is 2. The highest BCUT2D eigenvalue weighted by atomic mass is 35.5. The van der Waals surface area contributed by atoms with Gasteiger partial charge in [0.2, 0.25) is 0 Å². The zero-order valence-corrected chi connectivity index (χ0v) is 13.9. The minimum Gasteiger partial charge on any atom is -0.467 e. The van der Waals surface area contributed by atoms with E-state index in [0.717, 1.165) is 5.56 Å².